The summed E-state index contributed by atoms with van der Waals surface area (Å²) in [6.07, 6.45) is 1.18. The second-order valence-electron chi connectivity index (χ2n) is 6.70. The van der Waals surface area contributed by atoms with Crippen molar-refractivity contribution in [3.8, 4) is 0 Å². The molecule has 0 radical (unpaired) electrons. The molecule has 4 heteroatoms. The summed E-state index contributed by atoms with van der Waals surface area (Å²) in [4.78, 5) is 12.0. The van der Waals surface area contributed by atoms with E-state index in [0.29, 0.717) is 6.42 Å². The van der Waals surface area contributed by atoms with Gasteiger partial charge in [0.25, 0.3) is 0 Å². The van der Waals surface area contributed by atoms with Crippen molar-refractivity contribution >= 4 is 27.5 Å². The average molecular weight is 341 g/mol. The van der Waals surface area contributed by atoms with Gasteiger partial charge >= 0.3 is 0 Å². The fraction of sp³-hybridized carbons (Fsp3) is 0.562. The molecule has 0 fully saturated rings. The van der Waals surface area contributed by atoms with Crippen molar-refractivity contribution in [1.82, 2.24) is 0 Å². The Morgan fingerprint density at radius 2 is 1.80 bits per heavy atom. The Labute approximate surface area is 130 Å². The van der Waals surface area contributed by atoms with E-state index in [1.807, 2.05) is 26.0 Å². The lowest BCUT2D eigenvalue weighted by molar-refractivity contribution is -0.116. The summed E-state index contributed by atoms with van der Waals surface area (Å²) in [5.74, 6) is -0.0251. The first-order valence-corrected chi connectivity index (χ1v) is 7.70. The topological polar surface area (TPSA) is 55.1 Å². The molecule has 1 aromatic rings. The summed E-state index contributed by atoms with van der Waals surface area (Å²) in [5, 5.41) is 2.93. The van der Waals surface area contributed by atoms with Gasteiger partial charge in [-0.2, -0.15) is 0 Å². The monoisotopic (exact) mass is 340 g/mol. The van der Waals surface area contributed by atoms with Crippen LogP contribution in [0.5, 0.6) is 0 Å². The zero-order chi connectivity index (χ0) is 15.5. The molecule has 1 rings (SSSR count). The number of aryl methyl sites for hydroxylation is 2. The number of rotatable bonds is 4. The van der Waals surface area contributed by atoms with Crippen LogP contribution in [-0.2, 0) is 4.79 Å². The molecule has 0 heterocycles. The van der Waals surface area contributed by atoms with Crippen molar-refractivity contribution in [1.29, 1.82) is 0 Å². The molecule has 1 atom stereocenters. The first-order valence-electron chi connectivity index (χ1n) is 6.90. The van der Waals surface area contributed by atoms with Crippen LogP contribution in [0.1, 0.15) is 44.7 Å². The highest BCUT2D eigenvalue weighted by Crippen LogP contribution is 2.25. The third-order valence-corrected chi connectivity index (χ3v) is 4.29. The van der Waals surface area contributed by atoms with Crippen LogP contribution in [0.2, 0.25) is 0 Å². The van der Waals surface area contributed by atoms with E-state index < -0.39 is 0 Å². The number of amides is 1. The number of halogens is 1. The highest BCUT2D eigenvalue weighted by Gasteiger charge is 2.18. The minimum Gasteiger partial charge on any atom is -0.327 e. The lowest BCUT2D eigenvalue weighted by atomic mass is 9.87. The third kappa shape index (κ3) is 5.63. The summed E-state index contributed by atoms with van der Waals surface area (Å²) in [5.41, 5.74) is 9.22. The SMILES string of the molecule is Cc1cc(NC(=O)CC(N)CC(C)(C)C)cc(C)c1Br. The van der Waals surface area contributed by atoms with Gasteiger partial charge in [-0.05, 0) is 48.9 Å². The smallest absolute Gasteiger partial charge is 0.225 e. The standard InChI is InChI=1S/C16H25BrN2O/c1-10-6-13(7-11(2)15(10)17)19-14(20)8-12(18)9-16(3,4)5/h6-7,12H,8-9,18H2,1-5H3,(H,19,20). The maximum Gasteiger partial charge on any atom is 0.225 e. The molecule has 0 aliphatic carbocycles. The number of benzene rings is 1. The average Bonchev–Trinajstić information content (AvgIpc) is 2.22. The molecule has 112 valence electrons. The number of nitrogens with one attached hydrogen (secondary N) is 1. The van der Waals surface area contributed by atoms with Gasteiger partial charge in [0.1, 0.15) is 0 Å². The molecular weight excluding hydrogens is 316 g/mol. The van der Waals surface area contributed by atoms with Crippen LogP contribution in [0, 0.1) is 19.3 Å². The van der Waals surface area contributed by atoms with Crippen LogP contribution >= 0.6 is 15.9 Å². The fourth-order valence-electron chi connectivity index (χ4n) is 2.33. The van der Waals surface area contributed by atoms with Gasteiger partial charge in [0, 0.05) is 22.6 Å². The molecule has 3 N–H and O–H groups in total. The molecule has 20 heavy (non-hydrogen) atoms. The first kappa shape index (κ1) is 17.2. The minimum atomic E-state index is -0.104. The van der Waals surface area contributed by atoms with Crippen LogP contribution in [0.3, 0.4) is 0 Å². The van der Waals surface area contributed by atoms with Crippen LogP contribution in [0.4, 0.5) is 5.69 Å². The van der Waals surface area contributed by atoms with Gasteiger partial charge in [-0.1, -0.05) is 36.7 Å². The molecule has 0 saturated heterocycles. The van der Waals surface area contributed by atoms with E-state index in [-0.39, 0.29) is 17.4 Å². The van der Waals surface area contributed by atoms with Crippen molar-refractivity contribution in [3.63, 3.8) is 0 Å². The van der Waals surface area contributed by atoms with Crippen molar-refractivity contribution in [2.24, 2.45) is 11.1 Å². The predicted molar refractivity (Wildman–Crippen MR) is 88.9 cm³/mol. The van der Waals surface area contributed by atoms with Gasteiger partial charge in [-0.3, -0.25) is 4.79 Å². The number of hydrogen-bond donors (Lipinski definition) is 2. The summed E-state index contributed by atoms with van der Waals surface area (Å²) >= 11 is 3.52. The van der Waals surface area contributed by atoms with E-state index in [4.69, 9.17) is 5.73 Å². The Bertz CT molecular complexity index is 469. The Hall–Kier alpha value is -0.870. The molecule has 0 aliphatic heterocycles. The summed E-state index contributed by atoms with van der Waals surface area (Å²) < 4.78 is 1.08. The molecule has 3 nitrogen and oxygen atoms in total. The summed E-state index contributed by atoms with van der Waals surface area (Å²) in [6, 6.07) is 3.82. The van der Waals surface area contributed by atoms with Gasteiger partial charge < -0.3 is 11.1 Å². The maximum atomic E-state index is 12.0. The highest BCUT2D eigenvalue weighted by molar-refractivity contribution is 9.10. The zero-order valence-electron chi connectivity index (χ0n) is 13.0. The van der Waals surface area contributed by atoms with Crippen molar-refractivity contribution in [2.75, 3.05) is 5.32 Å². The quantitative estimate of drug-likeness (QED) is 0.864. The highest BCUT2D eigenvalue weighted by atomic mass is 79.9. The molecule has 1 amide bonds. The maximum absolute atomic E-state index is 12.0. The number of anilines is 1. The summed E-state index contributed by atoms with van der Waals surface area (Å²) in [7, 11) is 0. The Morgan fingerprint density at radius 1 is 1.30 bits per heavy atom. The van der Waals surface area contributed by atoms with Crippen LogP contribution < -0.4 is 11.1 Å². The van der Waals surface area contributed by atoms with Crippen LogP contribution in [0.25, 0.3) is 0 Å². The first-order chi connectivity index (χ1) is 9.08. The van der Waals surface area contributed by atoms with Crippen molar-refractivity contribution < 1.29 is 4.79 Å². The van der Waals surface area contributed by atoms with Crippen molar-refractivity contribution in [3.05, 3.63) is 27.7 Å². The van der Waals surface area contributed by atoms with Crippen LogP contribution in [-0.4, -0.2) is 11.9 Å². The minimum absolute atomic E-state index is 0.0251. The number of hydrogen-bond acceptors (Lipinski definition) is 2. The lowest BCUT2D eigenvalue weighted by Gasteiger charge is -2.22. The van der Waals surface area contributed by atoms with E-state index in [0.717, 1.165) is 27.7 Å². The Balaban J connectivity index is 2.63. The Kier molecular flexibility index (Phi) is 5.78. The van der Waals surface area contributed by atoms with Gasteiger partial charge in [0.15, 0.2) is 0 Å². The fourth-order valence-corrected chi connectivity index (χ4v) is 2.56. The molecule has 0 saturated carbocycles. The molecule has 1 unspecified atom stereocenters. The summed E-state index contributed by atoms with van der Waals surface area (Å²) in [6.45, 7) is 10.4. The number of carbonyl (C=O) groups is 1. The van der Waals surface area contributed by atoms with E-state index in [9.17, 15) is 4.79 Å². The van der Waals surface area contributed by atoms with Gasteiger partial charge in [0.2, 0.25) is 5.91 Å². The zero-order valence-corrected chi connectivity index (χ0v) is 14.6. The molecule has 0 spiro atoms. The normalized spacial score (nSPS) is 13.2. The second kappa shape index (κ2) is 6.72. The second-order valence-corrected chi connectivity index (χ2v) is 7.49. The molecule has 1 aromatic carbocycles. The number of nitrogens with two attached hydrogens (primary N) is 1. The third-order valence-electron chi connectivity index (χ3n) is 3.04. The lowest BCUT2D eigenvalue weighted by Crippen LogP contribution is -2.31. The van der Waals surface area contributed by atoms with Gasteiger partial charge in [-0.25, -0.2) is 0 Å². The number of carbonyl (C=O) groups excluding carboxylic acids is 1. The molecule has 0 bridgehead atoms. The largest absolute Gasteiger partial charge is 0.327 e. The van der Waals surface area contributed by atoms with Gasteiger partial charge in [-0.15, -0.1) is 0 Å². The van der Waals surface area contributed by atoms with Crippen LogP contribution in [0.15, 0.2) is 16.6 Å². The van der Waals surface area contributed by atoms with E-state index >= 15 is 0 Å². The van der Waals surface area contributed by atoms with Crippen molar-refractivity contribution in [2.45, 2.75) is 53.5 Å². The van der Waals surface area contributed by atoms with E-state index in [1.165, 1.54) is 0 Å². The predicted octanol–water partition coefficient (Wildman–Crippen LogP) is 4.16. The molecule has 0 aromatic heterocycles. The van der Waals surface area contributed by atoms with E-state index in [1.54, 1.807) is 0 Å². The van der Waals surface area contributed by atoms with E-state index in [2.05, 4.69) is 42.0 Å². The Morgan fingerprint density at radius 3 is 2.25 bits per heavy atom. The van der Waals surface area contributed by atoms with Gasteiger partial charge in [0.05, 0.1) is 0 Å². The molecule has 0 aliphatic rings. The molecular formula is C16H25BrN2O.